The summed E-state index contributed by atoms with van der Waals surface area (Å²) in [5, 5.41) is 1.02. The van der Waals surface area contributed by atoms with E-state index >= 15 is 0 Å². The van der Waals surface area contributed by atoms with E-state index < -0.39 is 0 Å². The Balaban J connectivity index is 2.00. The van der Waals surface area contributed by atoms with Crippen LogP contribution in [0, 0.1) is 0 Å². The fraction of sp³-hybridized carbons (Fsp3) is 0.222. The number of aryl methyl sites for hydroxylation is 1. The third-order valence-corrected chi connectivity index (χ3v) is 5.83. The molecule has 0 spiro atoms. The van der Waals surface area contributed by atoms with Crippen LogP contribution >= 0.6 is 11.3 Å². The summed E-state index contributed by atoms with van der Waals surface area (Å²) in [5.74, 6) is 0.611. The third-order valence-electron chi connectivity index (χ3n) is 4.74. The number of thiophene rings is 1. The van der Waals surface area contributed by atoms with Gasteiger partial charge in [-0.15, -0.1) is 11.3 Å². The van der Waals surface area contributed by atoms with Crippen LogP contribution in [0.5, 0.6) is 0 Å². The van der Waals surface area contributed by atoms with Crippen molar-refractivity contribution in [3.8, 4) is 11.1 Å². The molecule has 0 fully saturated rings. The molecule has 0 aromatic carbocycles. The number of nitrogens with two attached hydrogens (primary N) is 2. The van der Waals surface area contributed by atoms with Crippen molar-refractivity contribution in [3.05, 3.63) is 35.8 Å². The summed E-state index contributed by atoms with van der Waals surface area (Å²) in [5.41, 5.74) is 17.5. The number of rotatable bonds is 1. The maximum Gasteiger partial charge on any atom is 0.222 e. The smallest absolute Gasteiger partial charge is 0.222 e. The van der Waals surface area contributed by atoms with Crippen LogP contribution in [0.25, 0.3) is 31.6 Å². The summed E-state index contributed by atoms with van der Waals surface area (Å²) in [6.07, 6.45) is 8.08. The van der Waals surface area contributed by atoms with Gasteiger partial charge >= 0.3 is 0 Å². The van der Waals surface area contributed by atoms with E-state index in [9.17, 15) is 0 Å². The molecule has 0 saturated carbocycles. The van der Waals surface area contributed by atoms with Gasteiger partial charge in [0.15, 0.2) is 0 Å². The lowest BCUT2D eigenvalue weighted by molar-refractivity contribution is 0.673. The highest BCUT2D eigenvalue weighted by atomic mass is 32.1. The summed E-state index contributed by atoms with van der Waals surface area (Å²) in [7, 11) is 0. The number of hydrogen-bond donors (Lipinski definition) is 2. The van der Waals surface area contributed by atoms with Gasteiger partial charge < -0.3 is 11.5 Å². The Morgan fingerprint density at radius 2 is 1.92 bits per heavy atom. The van der Waals surface area contributed by atoms with Crippen molar-refractivity contribution in [3.63, 3.8) is 0 Å². The Morgan fingerprint density at radius 1 is 1.04 bits per heavy atom. The number of nitrogen functional groups attached to an aromatic ring is 2. The van der Waals surface area contributed by atoms with Crippen LogP contribution in [0.3, 0.4) is 0 Å². The van der Waals surface area contributed by atoms with E-state index in [2.05, 4.69) is 21.0 Å². The molecule has 0 bridgehead atoms. The number of anilines is 2. The van der Waals surface area contributed by atoms with E-state index in [1.807, 2.05) is 12.3 Å². The van der Waals surface area contributed by atoms with Gasteiger partial charge in [0.1, 0.15) is 10.6 Å². The number of pyridine rings is 2. The van der Waals surface area contributed by atoms with Crippen LogP contribution in [0.2, 0.25) is 0 Å². The van der Waals surface area contributed by atoms with Gasteiger partial charge in [0.05, 0.1) is 10.2 Å². The van der Waals surface area contributed by atoms with Crippen LogP contribution in [-0.2, 0) is 12.8 Å². The molecule has 0 radical (unpaired) electrons. The zero-order chi connectivity index (χ0) is 17.0. The van der Waals surface area contributed by atoms with Crippen LogP contribution < -0.4 is 11.5 Å². The van der Waals surface area contributed by atoms with Crippen LogP contribution in [0.4, 0.5) is 11.8 Å². The minimum Gasteiger partial charge on any atom is -0.382 e. The molecule has 5 rings (SSSR count). The Labute approximate surface area is 148 Å². The van der Waals surface area contributed by atoms with E-state index in [-0.39, 0.29) is 5.95 Å². The van der Waals surface area contributed by atoms with Gasteiger partial charge in [-0.25, -0.2) is 9.97 Å². The number of fused-ring (bicyclic) bond motifs is 4. The molecule has 25 heavy (non-hydrogen) atoms. The maximum absolute atomic E-state index is 6.10. The second-order valence-corrected chi connectivity index (χ2v) is 7.29. The first-order chi connectivity index (χ1) is 12.2. The highest BCUT2D eigenvalue weighted by molar-refractivity contribution is 7.26. The Kier molecular flexibility index (Phi) is 3.11. The summed E-state index contributed by atoms with van der Waals surface area (Å²) in [6, 6.07) is 4.05. The van der Waals surface area contributed by atoms with Gasteiger partial charge in [-0.05, 0) is 37.3 Å². The van der Waals surface area contributed by atoms with Gasteiger partial charge in [-0.2, -0.15) is 4.98 Å². The highest BCUT2D eigenvalue weighted by Crippen LogP contribution is 2.43. The standard InChI is InChI=1S/C18H16N6S/c19-16-15-14(23-18(20)24-16)13-12(9-4-3-7-21-8-9)10-5-1-2-6-11(10)22-17(13)25-15/h3-4,7-8H,1-2,5-6H2,(H4,19,20,23,24). The van der Waals surface area contributed by atoms with Crippen molar-refractivity contribution in [2.45, 2.75) is 25.7 Å². The van der Waals surface area contributed by atoms with Crippen LogP contribution in [0.1, 0.15) is 24.1 Å². The van der Waals surface area contributed by atoms with Crippen molar-refractivity contribution < 1.29 is 0 Å². The van der Waals surface area contributed by atoms with E-state index in [0.29, 0.717) is 5.82 Å². The Hall–Kier alpha value is -2.80. The molecular formula is C18H16N6S. The molecule has 0 amide bonds. The molecule has 0 atom stereocenters. The quantitative estimate of drug-likeness (QED) is 0.547. The fourth-order valence-corrected chi connectivity index (χ4v) is 4.74. The van der Waals surface area contributed by atoms with Gasteiger partial charge in [-0.1, -0.05) is 6.07 Å². The minimum atomic E-state index is 0.194. The lowest BCUT2D eigenvalue weighted by Crippen LogP contribution is -2.07. The van der Waals surface area contributed by atoms with Crippen molar-refractivity contribution in [2.75, 3.05) is 11.5 Å². The fourth-order valence-electron chi connectivity index (χ4n) is 3.69. The highest BCUT2D eigenvalue weighted by Gasteiger charge is 2.24. The molecule has 4 heterocycles. The molecule has 124 valence electrons. The molecule has 0 saturated heterocycles. The van der Waals surface area contributed by atoms with Crippen LogP contribution in [-0.4, -0.2) is 19.9 Å². The second kappa shape index (κ2) is 5.35. The molecule has 4 aromatic rings. The first-order valence-electron chi connectivity index (χ1n) is 8.29. The van der Waals surface area contributed by atoms with Crippen molar-refractivity contribution >= 4 is 43.5 Å². The van der Waals surface area contributed by atoms with E-state index in [1.165, 1.54) is 29.7 Å². The SMILES string of the molecule is Nc1nc(N)c2sc3nc4c(c(-c5cccnc5)c3c2n1)CCCC4. The molecule has 1 aliphatic carbocycles. The van der Waals surface area contributed by atoms with Gasteiger partial charge in [0, 0.05) is 34.6 Å². The zero-order valence-corrected chi connectivity index (χ0v) is 14.3. The molecule has 4 N–H and O–H groups in total. The van der Waals surface area contributed by atoms with Gasteiger partial charge in [0.2, 0.25) is 5.95 Å². The summed E-state index contributed by atoms with van der Waals surface area (Å²) >= 11 is 1.54. The minimum absolute atomic E-state index is 0.194. The molecule has 1 aliphatic rings. The molecule has 7 heteroatoms. The van der Waals surface area contributed by atoms with Crippen molar-refractivity contribution in [1.29, 1.82) is 0 Å². The molecule has 0 unspecified atom stereocenters. The molecule has 0 aliphatic heterocycles. The average Bonchev–Trinajstić information content (AvgIpc) is 2.99. The number of hydrogen-bond acceptors (Lipinski definition) is 7. The lowest BCUT2D eigenvalue weighted by atomic mass is 9.88. The molecular weight excluding hydrogens is 332 g/mol. The second-order valence-electron chi connectivity index (χ2n) is 6.29. The zero-order valence-electron chi connectivity index (χ0n) is 13.5. The third kappa shape index (κ3) is 2.16. The number of nitrogens with zero attached hydrogens (tertiary/aromatic N) is 4. The predicted octanol–water partition coefficient (Wildman–Crippen LogP) is 3.34. The first kappa shape index (κ1) is 14.5. The summed E-state index contributed by atoms with van der Waals surface area (Å²) in [6.45, 7) is 0. The van der Waals surface area contributed by atoms with Crippen molar-refractivity contribution in [2.24, 2.45) is 0 Å². The number of aromatic nitrogens is 4. The Bertz CT molecular complexity index is 1120. The van der Waals surface area contributed by atoms with Gasteiger partial charge in [0.25, 0.3) is 0 Å². The van der Waals surface area contributed by atoms with E-state index in [1.54, 1.807) is 17.5 Å². The molecule has 4 aromatic heterocycles. The topological polar surface area (TPSA) is 104 Å². The Morgan fingerprint density at radius 3 is 2.76 bits per heavy atom. The lowest BCUT2D eigenvalue weighted by Gasteiger charge is -2.19. The largest absolute Gasteiger partial charge is 0.382 e. The first-order valence-corrected chi connectivity index (χ1v) is 9.11. The normalized spacial score (nSPS) is 14.1. The predicted molar refractivity (Wildman–Crippen MR) is 101 cm³/mol. The van der Waals surface area contributed by atoms with E-state index in [0.717, 1.165) is 38.8 Å². The maximum atomic E-state index is 6.10. The van der Waals surface area contributed by atoms with Crippen LogP contribution in [0.15, 0.2) is 24.5 Å². The molecule has 6 nitrogen and oxygen atoms in total. The average molecular weight is 348 g/mol. The summed E-state index contributed by atoms with van der Waals surface area (Å²) in [4.78, 5) is 18.8. The van der Waals surface area contributed by atoms with E-state index in [4.69, 9.17) is 16.5 Å². The summed E-state index contributed by atoms with van der Waals surface area (Å²) < 4.78 is 0.851. The van der Waals surface area contributed by atoms with Gasteiger partial charge in [-0.3, -0.25) is 4.98 Å². The van der Waals surface area contributed by atoms with Crippen molar-refractivity contribution in [1.82, 2.24) is 19.9 Å². The monoisotopic (exact) mass is 348 g/mol.